The third-order valence-electron chi connectivity index (χ3n) is 4.11. The molecule has 0 aromatic carbocycles. The van der Waals surface area contributed by atoms with Gasteiger partial charge >= 0.3 is 0 Å². The van der Waals surface area contributed by atoms with Gasteiger partial charge in [0, 0.05) is 12.1 Å². The first-order chi connectivity index (χ1) is 9.03. The Hall–Kier alpha value is -0.810. The maximum Gasteiger partial charge on any atom is 0.287 e. The maximum absolute atomic E-state index is 12.0. The predicted molar refractivity (Wildman–Crippen MR) is 78.2 cm³/mol. The molecule has 106 valence electrons. The number of carbonyl (C=O) groups excluding carboxylic acids is 1. The molecule has 1 aliphatic rings. The molecule has 0 saturated heterocycles. The summed E-state index contributed by atoms with van der Waals surface area (Å²) < 4.78 is 5.85. The minimum Gasteiger partial charge on any atom is -0.444 e. The smallest absolute Gasteiger partial charge is 0.287 e. The number of rotatable bonds is 4. The lowest BCUT2D eigenvalue weighted by Gasteiger charge is -2.43. The summed E-state index contributed by atoms with van der Waals surface area (Å²) in [6, 6.07) is 3.42. The monoisotopic (exact) mass is 328 g/mol. The number of hydrogen-bond acceptors (Lipinski definition) is 3. The summed E-state index contributed by atoms with van der Waals surface area (Å²) >= 11 is 3.21. The zero-order valence-electron chi connectivity index (χ0n) is 11.5. The van der Waals surface area contributed by atoms with E-state index in [2.05, 4.69) is 40.2 Å². The van der Waals surface area contributed by atoms with Gasteiger partial charge in [-0.3, -0.25) is 4.79 Å². The van der Waals surface area contributed by atoms with E-state index in [9.17, 15) is 4.79 Å². The fraction of sp³-hybridized carbons (Fsp3) is 0.643. The van der Waals surface area contributed by atoms with Crippen LogP contribution in [-0.2, 0) is 0 Å². The molecule has 4 nitrogen and oxygen atoms in total. The topological polar surface area (TPSA) is 45.5 Å². The highest BCUT2D eigenvalue weighted by atomic mass is 79.9. The van der Waals surface area contributed by atoms with Crippen LogP contribution in [0.1, 0.15) is 42.7 Å². The lowest BCUT2D eigenvalue weighted by molar-refractivity contribution is 0.0779. The number of furan rings is 1. The Morgan fingerprint density at radius 3 is 2.58 bits per heavy atom. The van der Waals surface area contributed by atoms with Gasteiger partial charge in [0.1, 0.15) is 0 Å². The van der Waals surface area contributed by atoms with Crippen LogP contribution in [0.3, 0.4) is 0 Å². The number of likely N-dealkylation sites (N-methyl/N-ethyl adjacent to an activating group) is 1. The third kappa shape index (κ3) is 3.39. The first-order valence-electron chi connectivity index (χ1n) is 6.74. The van der Waals surface area contributed by atoms with Crippen LogP contribution < -0.4 is 5.32 Å². The Balaban J connectivity index is 1.97. The molecule has 0 unspecified atom stereocenters. The van der Waals surface area contributed by atoms with Gasteiger partial charge in [0.25, 0.3) is 5.91 Å². The highest BCUT2D eigenvalue weighted by molar-refractivity contribution is 9.10. The van der Waals surface area contributed by atoms with Crippen molar-refractivity contribution < 1.29 is 9.21 Å². The van der Waals surface area contributed by atoms with Gasteiger partial charge in [0.15, 0.2) is 10.4 Å². The van der Waals surface area contributed by atoms with Crippen LogP contribution in [0.15, 0.2) is 21.2 Å². The Morgan fingerprint density at radius 1 is 1.37 bits per heavy atom. The first kappa shape index (κ1) is 14.6. The summed E-state index contributed by atoms with van der Waals surface area (Å²) in [5.74, 6) is 0.217. The number of nitrogens with zero attached hydrogens (tertiary/aromatic N) is 1. The zero-order chi connectivity index (χ0) is 13.9. The Kier molecular flexibility index (Phi) is 4.68. The molecule has 1 aromatic heterocycles. The predicted octanol–water partition coefficient (Wildman–Crippen LogP) is 3.04. The lowest BCUT2D eigenvalue weighted by atomic mass is 9.80. The van der Waals surface area contributed by atoms with Crippen LogP contribution in [0.5, 0.6) is 0 Å². The third-order valence-corrected chi connectivity index (χ3v) is 4.53. The van der Waals surface area contributed by atoms with E-state index in [4.69, 9.17) is 4.42 Å². The molecular weight excluding hydrogens is 308 g/mol. The molecule has 0 spiro atoms. The van der Waals surface area contributed by atoms with E-state index in [1.807, 2.05) is 0 Å². The number of amides is 1. The molecule has 2 rings (SSSR count). The lowest BCUT2D eigenvalue weighted by Crippen LogP contribution is -2.53. The highest BCUT2D eigenvalue weighted by Gasteiger charge is 2.34. The molecule has 1 amide bonds. The van der Waals surface area contributed by atoms with Crippen molar-refractivity contribution >= 4 is 21.8 Å². The standard InChI is InChI=1S/C14H21BrN2O2/c1-17(2)14(8-4-3-5-9-14)10-16-13(18)11-6-7-12(15)19-11/h6-7H,3-5,8-10H2,1-2H3,(H,16,18). The fourth-order valence-corrected chi connectivity index (χ4v) is 3.07. The summed E-state index contributed by atoms with van der Waals surface area (Å²) in [5.41, 5.74) is 0.0950. The first-order valence-corrected chi connectivity index (χ1v) is 7.54. The largest absolute Gasteiger partial charge is 0.444 e. The van der Waals surface area contributed by atoms with Gasteiger partial charge in [-0.25, -0.2) is 0 Å². The molecule has 1 N–H and O–H groups in total. The van der Waals surface area contributed by atoms with Crippen molar-refractivity contribution in [2.75, 3.05) is 20.6 Å². The minimum atomic E-state index is -0.141. The van der Waals surface area contributed by atoms with Crippen LogP contribution >= 0.6 is 15.9 Å². The van der Waals surface area contributed by atoms with Gasteiger partial charge in [0.2, 0.25) is 0 Å². The van der Waals surface area contributed by atoms with Gasteiger partial charge < -0.3 is 14.6 Å². The summed E-state index contributed by atoms with van der Waals surface area (Å²) in [4.78, 5) is 14.3. The van der Waals surface area contributed by atoms with Crippen molar-refractivity contribution in [1.82, 2.24) is 10.2 Å². The van der Waals surface area contributed by atoms with Crippen LogP contribution in [-0.4, -0.2) is 37.0 Å². The van der Waals surface area contributed by atoms with Crippen LogP contribution in [0.4, 0.5) is 0 Å². The summed E-state index contributed by atoms with van der Waals surface area (Å²) in [6.45, 7) is 0.678. The van der Waals surface area contributed by atoms with E-state index >= 15 is 0 Å². The van der Waals surface area contributed by atoms with Crippen LogP contribution in [0.2, 0.25) is 0 Å². The average molecular weight is 329 g/mol. The normalized spacial score (nSPS) is 18.5. The SMILES string of the molecule is CN(C)C1(CNC(=O)c2ccc(Br)o2)CCCCC1. The number of nitrogens with one attached hydrogen (secondary N) is 1. The molecule has 0 atom stereocenters. The molecule has 1 saturated carbocycles. The Morgan fingerprint density at radius 2 is 2.05 bits per heavy atom. The summed E-state index contributed by atoms with van der Waals surface area (Å²) in [6.07, 6.45) is 6.06. The molecule has 1 fully saturated rings. The van der Waals surface area contributed by atoms with E-state index in [0.29, 0.717) is 17.0 Å². The second-order valence-corrected chi connectivity index (χ2v) is 6.25. The van der Waals surface area contributed by atoms with Gasteiger partial charge in [-0.2, -0.15) is 0 Å². The molecule has 0 bridgehead atoms. The molecule has 1 heterocycles. The Labute approximate surface area is 122 Å². The molecule has 1 aromatic rings. The van der Waals surface area contributed by atoms with Crippen molar-refractivity contribution in [3.05, 3.63) is 22.6 Å². The van der Waals surface area contributed by atoms with Gasteiger partial charge in [0.05, 0.1) is 0 Å². The van der Waals surface area contributed by atoms with Crippen molar-refractivity contribution in [3.8, 4) is 0 Å². The molecule has 0 aliphatic heterocycles. The molecule has 19 heavy (non-hydrogen) atoms. The second kappa shape index (κ2) is 6.09. The van der Waals surface area contributed by atoms with E-state index in [1.54, 1.807) is 12.1 Å². The highest BCUT2D eigenvalue weighted by Crippen LogP contribution is 2.31. The van der Waals surface area contributed by atoms with E-state index in [0.717, 1.165) is 12.8 Å². The quantitative estimate of drug-likeness (QED) is 0.923. The summed E-state index contributed by atoms with van der Waals surface area (Å²) in [5, 5.41) is 3.01. The maximum atomic E-state index is 12.0. The number of carbonyl (C=O) groups is 1. The van der Waals surface area contributed by atoms with Crippen molar-refractivity contribution in [1.29, 1.82) is 0 Å². The minimum absolute atomic E-state index is 0.0950. The number of hydrogen-bond donors (Lipinski definition) is 1. The van der Waals surface area contributed by atoms with Gasteiger partial charge in [-0.05, 0) is 55.0 Å². The zero-order valence-corrected chi connectivity index (χ0v) is 13.1. The van der Waals surface area contributed by atoms with E-state index in [1.165, 1.54) is 19.3 Å². The van der Waals surface area contributed by atoms with Crippen molar-refractivity contribution in [3.63, 3.8) is 0 Å². The molecular formula is C14H21BrN2O2. The van der Waals surface area contributed by atoms with Crippen molar-refractivity contribution in [2.45, 2.75) is 37.6 Å². The van der Waals surface area contributed by atoms with Gasteiger partial charge in [-0.1, -0.05) is 19.3 Å². The van der Waals surface area contributed by atoms with Crippen molar-refractivity contribution in [2.24, 2.45) is 0 Å². The van der Waals surface area contributed by atoms with Gasteiger partial charge in [-0.15, -0.1) is 0 Å². The van der Waals surface area contributed by atoms with E-state index in [-0.39, 0.29) is 11.4 Å². The molecule has 0 radical (unpaired) electrons. The van der Waals surface area contributed by atoms with Crippen LogP contribution in [0.25, 0.3) is 0 Å². The fourth-order valence-electron chi connectivity index (χ4n) is 2.76. The summed E-state index contributed by atoms with van der Waals surface area (Å²) in [7, 11) is 4.20. The molecule has 1 aliphatic carbocycles. The Bertz CT molecular complexity index is 436. The number of halogens is 1. The average Bonchev–Trinajstić information content (AvgIpc) is 2.83. The second-order valence-electron chi connectivity index (χ2n) is 5.47. The van der Waals surface area contributed by atoms with Crippen LogP contribution in [0, 0.1) is 0 Å². The molecule has 5 heteroatoms. The van der Waals surface area contributed by atoms with E-state index < -0.39 is 0 Å².